The molecule has 2 aromatic heterocycles. The molecular weight excluding hydrogens is 1220 g/mol. The summed E-state index contributed by atoms with van der Waals surface area (Å²) in [6.45, 7) is 12.5. The Kier molecular flexibility index (Phi) is 21.1. The van der Waals surface area contributed by atoms with Gasteiger partial charge in [-0.15, -0.1) is 21.5 Å². The number of carbonyl (C=O) groups is 9. The van der Waals surface area contributed by atoms with Crippen LogP contribution in [0.4, 0.5) is 16.2 Å². The summed E-state index contributed by atoms with van der Waals surface area (Å²) in [5.41, 5.74) is 3.84. The van der Waals surface area contributed by atoms with Gasteiger partial charge in [-0.3, -0.25) is 68.2 Å². The first-order valence-corrected chi connectivity index (χ1v) is 31.3. The molecule has 25 nitrogen and oxygen atoms in total. The SMILES string of the molecule is CC(=O)NCCCC[C@H](NC(=O)OC(C)(C)C)C(=O)Nc1ccc(CN(CCCCN(Cc2ccc([N+](=O)[O-])cc2)C(=O)C[C@@H]2N=C(c3ccc(Cl)cc3)c3c(sc(C)c3C)-n3c(C)nnc32)C(=O)COc2cccc3c2C(=O)N(C2CCC(=O)NC2=O)C3=O)cc1. The van der Waals surface area contributed by atoms with Crippen molar-refractivity contribution in [1.29, 1.82) is 0 Å². The highest BCUT2D eigenvalue weighted by Crippen LogP contribution is 2.40. The number of aryl methyl sites for hydroxylation is 2. The molecule has 4 N–H and O–H groups in total. The summed E-state index contributed by atoms with van der Waals surface area (Å²) in [5, 5.41) is 32.6. The van der Waals surface area contributed by atoms with Crippen LogP contribution in [0.2, 0.25) is 5.02 Å². The Balaban J connectivity index is 0.956. The zero-order valence-corrected chi connectivity index (χ0v) is 53.5. The van der Waals surface area contributed by atoms with Crippen molar-refractivity contribution < 1.29 is 57.5 Å². The van der Waals surface area contributed by atoms with E-state index in [9.17, 15) is 48.5 Å². The molecule has 4 aromatic carbocycles. The fourth-order valence-corrected chi connectivity index (χ4v) is 12.3. The van der Waals surface area contributed by atoms with Gasteiger partial charge in [0.15, 0.2) is 12.4 Å². The number of nitrogens with one attached hydrogen (secondary N) is 4. The van der Waals surface area contributed by atoms with Crippen LogP contribution in [-0.4, -0.2) is 137 Å². The van der Waals surface area contributed by atoms with Gasteiger partial charge in [-0.2, -0.15) is 0 Å². The van der Waals surface area contributed by atoms with Crippen LogP contribution in [-0.2, 0) is 46.6 Å². The van der Waals surface area contributed by atoms with E-state index in [1.165, 1.54) is 42.2 Å². The summed E-state index contributed by atoms with van der Waals surface area (Å²) in [4.78, 5) is 142. The van der Waals surface area contributed by atoms with Gasteiger partial charge in [0.25, 0.3) is 23.4 Å². The number of nitro benzene ring substituents is 1. The molecule has 0 bridgehead atoms. The van der Waals surface area contributed by atoms with Gasteiger partial charge < -0.3 is 35.2 Å². The Bertz CT molecular complexity index is 3880. The molecule has 0 spiro atoms. The Morgan fingerprint density at radius 2 is 1.50 bits per heavy atom. The van der Waals surface area contributed by atoms with Crippen LogP contribution >= 0.6 is 22.9 Å². The van der Waals surface area contributed by atoms with Gasteiger partial charge in [0.2, 0.25) is 29.5 Å². The largest absolute Gasteiger partial charge is 0.483 e. The van der Waals surface area contributed by atoms with E-state index in [-0.39, 0.29) is 86.2 Å². The molecule has 3 atom stereocenters. The molecule has 9 rings (SSSR count). The topological polar surface area (TPSA) is 316 Å². The third-order valence-corrected chi connectivity index (χ3v) is 17.2. The molecule has 0 radical (unpaired) electrons. The molecule has 9 amide bonds. The highest BCUT2D eigenvalue weighted by Gasteiger charge is 2.46. The molecule has 0 aliphatic carbocycles. The van der Waals surface area contributed by atoms with Crippen molar-refractivity contribution in [2.75, 3.05) is 31.6 Å². The summed E-state index contributed by atoms with van der Waals surface area (Å²) in [6, 6.07) is 21.2. The summed E-state index contributed by atoms with van der Waals surface area (Å²) < 4.78 is 13.5. The summed E-state index contributed by atoms with van der Waals surface area (Å²) in [7, 11) is 0. The number of benzene rings is 4. The molecular formula is C65H71ClN12O13S. The van der Waals surface area contributed by atoms with E-state index in [2.05, 4.69) is 31.5 Å². The second kappa shape index (κ2) is 29.1. The van der Waals surface area contributed by atoms with E-state index in [1.54, 1.807) is 85.5 Å². The van der Waals surface area contributed by atoms with Gasteiger partial charge in [-0.1, -0.05) is 54.1 Å². The Morgan fingerprint density at radius 1 is 0.837 bits per heavy atom. The number of amides is 9. The van der Waals surface area contributed by atoms with E-state index >= 15 is 4.79 Å². The molecule has 482 valence electrons. The van der Waals surface area contributed by atoms with Crippen molar-refractivity contribution in [3.05, 3.63) is 162 Å². The van der Waals surface area contributed by atoms with E-state index in [0.29, 0.717) is 71.4 Å². The highest BCUT2D eigenvalue weighted by atomic mass is 35.5. The van der Waals surface area contributed by atoms with Crippen LogP contribution < -0.4 is 26.0 Å². The summed E-state index contributed by atoms with van der Waals surface area (Å²) in [6.07, 6.45) is 0.867. The standard InChI is InChI=1S/C65H71ClN12O13S/c1-37-38(2)92-63-55(37)57(43-20-22-44(66)23-21-43)69-49(58-73-72-39(3)76(58)63)33-53(81)74(34-42-18-26-46(27-19-42)78(88)89)31-10-11-32-75(54(82)36-90-51-15-12-13-47-56(51)62(86)77(61(47)85)50-28-29-52(80)71-60(50)84)35-41-16-24-45(25-17-41)68-59(83)48(14-8-9-30-67-40(4)79)70-64(87)91-65(5,6)7/h12-13,15-27,48-50H,8-11,14,28-36H2,1-7H3,(H,67,79)(H,68,83)(H,70,87)(H,71,80,84)/t48-,49-,50?/m0/s1. The van der Waals surface area contributed by atoms with Gasteiger partial charge in [0, 0.05) is 84.9 Å². The van der Waals surface area contributed by atoms with Crippen LogP contribution in [0.5, 0.6) is 5.75 Å². The average Bonchev–Trinajstić information content (AvgIpc) is 1.60. The minimum atomic E-state index is -1.24. The number of unbranched alkanes of at least 4 members (excludes halogenated alkanes) is 2. The maximum atomic E-state index is 15.1. The van der Waals surface area contributed by atoms with E-state index in [4.69, 9.17) is 26.1 Å². The molecule has 1 unspecified atom stereocenters. The van der Waals surface area contributed by atoms with Gasteiger partial charge >= 0.3 is 6.09 Å². The van der Waals surface area contributed by atoms with Crippen LogP contribution in [0.3, 0.4) is 0 Å². The molecule has 92 heavy (non-hydrogen) atoms. The number of piperidine rings is 1. The number of thiophene rings is 1. The lowest BCUT2D eigenvalue weighted by Gasteiger charge is -2.27. The average molecular weight is 1300 g/mol. The molecule has 27 heteroatoms. The van der Waals surface area contributed by atoms with E-state index in [1.807, 2.05) is 37.5 Å². The van der Waals surface area contributed by atoms with Crippen molar-refractivity contribution in [2.45, 2.75) is 137 Å². The third kappa shape index (κ3) is 16.1. The number of anilines is 1. The molecule has 1 fully saturated rings. The quantitative estimate of drug-likeness (QED) is 0.0181. The number of fused-ring (bicyclic) bond motifs is 4. The Morgan fingerprint density at radius 3 is 2.14 bits per heavy atom. The maximum Gasteiger partial charge on any atom is 0.408 e. The van der Waals surface area contributed by atoms with E-state index < -0.39 is 76.8 Å². The van der Waals surface area contributed by atoms with Gasteiger partial charge in [0.05, 0.1) is 28.2 Å². The zero-order chi connectivity index (χ0) is 66.1. The number of non-ortho nitro benzene ring substituents is 1. The van der Waals surface area contributed by atoms with Crippen molar-refractivity contribution >= 4 is 93.4 Å². The lowest BCUT2D eigenvalue weighted by Crippen LogP contribution is -2.54. The van der Waals surface area contributed by atoms with Crippen LogP contribution in [0.15, 0.2) is 96.0 Å². The first-order valence-electron chi connectivity index (χ1n) is 30.1. The predicted octanol–water partition coefficient (Wildman–Crippen LogP) is 8.55. The first-order chi connectivity index (χ1) is 43.8. The monoisotopic (exact) mass is 1290 g/mol. The molecule has 1 saturated heterocycles. The van der Waals surface area contributed by atoms with Crippen molar-refractivity contribution in [1.82, 2.24) is 45.4 Å². The number of nitro groups is 1. The van der Waals surface area contributed by atoms with Crippen molar-refractivity contribution in [3.63, 3.8) is 0 Å². The number of hydrogen-bond donors (Lipinski definition) is 4. The lowest BCUT2D eigenvalue weighted by molar-refractivity contribution is -0.384. The predicted molar refractivity (Wildman–Crippen MR) is 340 cm³/mol. The minimum Gasteiger partial charge on any atom is -0.483 e. The van der Waals surface area contributed by atoms with E-state index in [0.717, 1.165) is 31.5 Å². The lowest BCUT2D eigenvalue weighted by atomic mass is 9.99. The number of halogens is 1. The molecule has 0 saturated carbocycles. The molecule has 5 heterocycles. The second-order valence-corrected chi connectivity index (χ2v) is 25.3. The van der Waals surface area contributed by atoms with Gasteiger partial charge in [0.1, 0.15) is 40.3 Å². The number of carbonyl (C=O) groups excluding carboxylic acids is 9. The minimum absolute atomic E-state index is 0.00675. The first kappa shape index (κ1) is 66.7. The normalized spacial score (nSPS) is 15.4. The molecule has 3 aliphatic rings. The zero-order valence-electron chi connectivity index (χ0n) is 52.0. The molecule has 3 aliphatic heterocycles. The van der Waals surface area contributed by atoms with Crippen molar-refractivity contribution in [3.8, 4) is 10.8 Å². The number of aromatic nitrogens is 3. The molecule has 6 aromatic rings. The van der Waals surface area contributed by atoms with Crippen LogP contribution in [0.1, 0.15) is 150 Å². The number of aliphatic imine (C=N–C) groups is 1. The fraction of sp³-hybridized carbons (Fsp3) is 0.385. The van der Waals surface area contributed by atoms with Gasteiger partial charge in [-0.25, -0.2) is 4.79 Å². The van der Waals surface area contributed by atoms with Crippen LogP contribution in [0, 0.1) is 30.9 Å². The number of alkyl carbamates (subject to hydrolysis) is 1. The number of ether oxygens (including phenoxy) is 2. The van der Waals surface area contributed by atoms with Crippen LogP contribution in [0.25, 0.3) is 5.00 Å². The highest BCUT2D eigenvalue weighted by molar-refractivity contribution is 7.15. The Hall–Kier alpha value is -9.69. The number of rotatable bonds is 25. The second-order valence-electron chi connectivity index (χ2n) is 23.6. The Labute approximate surface area is 539 Å². The number of imide groups is 2. The smallest absolute Gasteiger partial charge is 0.408 e. The number of hydrogen-bond acceptors (Lipinski definition) is 17. The van der Waals surface area contributed by atoms with Crippen molar-refractivity contribution in [2.24, 2.45) is 4.99 Å². The third-order valence-electron chi connectivity index (χ3n) is 15.7. The maximum absolute atomic E-state index is 15.1. The number of nitrogens with zero attached hydrogens (tertiary/aromatic N) is 8. The summed E-state index contributed by atoms with van der Waals surface area (Å²) >= 11 is 7.94. The summed E-state index contributed by atoms with van der Waals surface area (Å²) in [5.74, 6) is -3.43. The van der Waals surface area contributed by atoms with Gasteiger partial charge in [-0.05, 0) is 133 Å². The fourth-order valence-electron chi connectivity index (χ4n) is 11.0.